The summed E-state index contributed by atoms with van der Waals surface area (Å²) in [4.78, 5) is 46.7. The van der Waals surface area contributed by atoms with Crippen LogP contribution in [0.4, 0.5) is 13.2 Å². The molecule has 8 nitrogen and oxygen atoms in total. The predicted molar refractivity (Wildman–Crippen MR) is 117 cm³/mol. The quantitative estimate of drug-likeness (QED) is 0.384. The second kappa shape index (κ2) is 13.1. The third kappa shape index (κ3) is 9.12. The molecule has 0 aliphatic carbocycles. The first-order chi connectivity index (χ1) is 16.1. The molecule has 0 atom stereocenters. The maximum absolute atomic E-state index is 12.4. The summed E-state index contributed by atoms with van der Waals surface area (Å²) < 4.78 is 31.7. The van der Waals surface area contributed by atoms with Gasteiger partial charge in [0.25, 0.3) is 0 Å². The highest BCUT2D eigenvalue weighted by Crippen LogP contribution is 2.17. The highest BCUT2D eigenvalue weighted by molar-refractivity contribution is 5.98. The van der Waals surface area contributed by atoms with E-state index in [1.807, 2.05) is 17.0 Å². The summed E-state index contributed by atoms with van der Waals surface area (Å²) >= 11 is 0. The van der Waals surface area contributed by atoms with E-state index in [0.717, 1.165) is 45.3 Å². The molecule has 0 spiro atoms. The first-order valence-corrected chi connectivity index (χ1v) is 11.3. The number of carbonyl (C=O) groups is 4. The molecule has 0 bridgehead atoms. The number of halogens is 3. The van der Waals surface area contributed by atoms with E-state index in [0.29, 0.717) is 25.1 Å². The average molecular weight is 486 g/mol. The van der Waals surface area contributed by atoms with Crippen molar-refractivity contribution in [1.82, 2.24) is 15.5 Å². The normalized spacial score (nSPS) is 15.6. The van der Waals surface area contributed by atoms with Crippen LogP contribution in [0.2, 0.25) is 0 Å². The van der Waals surface area contributed by atoms with Gasteiger partial charge in [0.2, 0.25) is 11.8 Å². The van der Waals surface area contributed by atoms with Gasteiger partial charge in [0.1, 0.15) is 0 Å². The van der Waals surface area contributed by atoms with Gasteiger partial charge in [-0.1, -0.05) is 12.1 Å². The predicted octanol–water partition coefficient (Wildman–Crippen LogP) is 2.10. The summed E-state index contributed by atoms with van der Waals surface area (Å²) in [6.07, 6.45) is -0.371. The number of Topliss-reactive ketones (excluding diaryl/α,β-unsaturated/α-hetero) is 1. The molecule has 34 heavy (non-hydrogen) atoms. The third-order valence-corrected chi connectivity index (χ3v) is 5.59. The van der Waals surface area contributed by atoms with Gasteiger partial charge in [-0.3, -0.25) is 14.4 Å². The Morgan fingerprint density at radius 2 is 1.74 bits per heavy atom. The molecule has 0 radical (unpaired) electrons. The average Bonchev–Trinajstić information content (AvgIpc) is 3.05. The van der Waals surface area contributed by atoms with Crippen molar-refractivity contribution in [2.24, 2.45) is 0 Å². The zero-order valence-corrected chi connectivity index (χ0v) is 18.9. The van der Waals surface area contributed by atoms with Crippen LogP contribution < -0.4 is 10.6 Å². The zero-order chi connectivity index (χ0) is 25.1. The van der Waals surface area contributed by atoms with Crippen molar-refractivity contribution < 1.29 is 37.5 Å². The molecule has 2 amide bonds. The minimum Gasteiger partial charge on any atom is -0.475 e. The Morgan fingerprint density at radius 1 is 1.06 bits per heavy atom. The molecule has 0 unspecified atom stereocenters. The molecule has 2 aliphatic heterocycles. The maximum Gasteiger partial charge on any atom is 0.490 e. The van der Waals surface area contributed by atoms with Gasteiger partial charge in [-0.15, -0.1) is 0 Å². The fourth-order valence-corrected chi connectivity index (χ4v) is 3.75. The van der Waals surface area contributed by atoms with Crippen LogP contribution in [0.1, 0.15) is 53.6 Å². The zero-order valence-electron chi connectivity index (χ0n) is 18.9. The SMILES string of the molecule is O=C(CCC(=O)c1ccc2c(c1)CCNCC2)NCCCN1CCCC1=O.O=C(O)C(F)(F)F. The summed E-state index contributed by atoms with van der Waals surface area (Å²) in [6.45, 7) is 3.99. The number of hydrogen-bond donors (Lipinski definition) is 3. The highest BCUT2D eigenvalue weighted by atomic mass is 19.4. The Kier molecular flexibility index (Phi) is 10.5. The number of nitrogens with zero attached hydrogens (tertiary/aromatic N) is 1. The number of carbonyl (C=O) groups excluding carboxylic acids is 3. The van der Waals surface area contributed by atoms with Crippen molar-refractivity contribution in [3.05, 3.63) is 34.9 Å². The van der Waals surface area contributed by atoms with E-state index < -0.39 is 12.1 Å². The van der Waals surface area contributed by atoms with Gasteiger partial charge >= 0.3 is 12.1 Å². The van der Waals surface area contributed by atoms with Crippen LogP contribution in [0.25, 0.3) is 0 Å². The van der Waals surface area contributed by atoms with E-state index in [-0.39, 0.29) is 30.4 Å². The van der Waals surface area contributed by atoms with Gasteiger partial charge in [-0.2, -0.15) is 13.2 Å². The molecule has 2 heterocycles. The van der Waals surface area contributed by atoms with E-state index in [1.54, 1.807) is 0 Å². The van der Waals surface area contributed by atoms with Gasteiger partial charge < -0.3 is 20.6 Å². The Bertz CT molecular complexity index is 889. The maximum atomic E-state index is 12.4. The van der Waals surface area contributed by atoms with Gasteiger partial charge in [-0.05, 0) is 56.0 Å². The standard InChI is InChI=1S/C21H29N3O3.C2HF3O2/c25-19(18-5-4-16-8-11-22-12-9-17(16)15-18)6-7-20(26)23-10-2-14-24-13-1-3-21(24)27;3-2(4,5)1(6)7/h4-5,15,22H,1-3,6-14H2,(H,23,26);(H,6,7). The first kappa shape index (κ1) is 27.3. The van der Waals surface area contributed by atoms with Crippen molar-refractivity contribution in [3.63, 3.8) is 0 Å². The number of benzene rings is 1. The van der Waals surface area contributed by atoms with Crippen LogP contribution in [0, 0.1) is 0 Å². The van der Waals surface area contributed by atoms with Crippen LogP contribution in [-0.2, 0) is 27.2 Å². The monoisotopic (exact) mass is 485 g/mol. The lowest BCUT2D eigenvalue weighted by Crippen LogP contribution is -2.30. The molecule has 0 saturated carbocycles. The molecule has 3 rings (SSSR count). The van der Waals surface area contributed by atoms with Crippen LogP contribution in [0.3, 0.4) is 0 Å². The number of ketones is 1. The molecule has 1 fully saturated rings. The van der Waals surface area contributed by atoms with Crippen molar-refractivity contribution in [3.8, 4) is 0 Å². The summed E-state index contributed by atoms with van der Waals surface area (Å²) in [7, 11) is 0. The van der Waals surface area contributed by atoms with Crippen LogP contribution in [0.15, 0.2) is 18.2 Å². The largest absolute Gasteiger partial charge is 0.490 e. The second-order valence-corrected chi connectivity index (χ2v) is 8.15. The van der Waals surface area contributed by atoms with Crippen LogP contribution in [-0.4, -0.2) is 72.5 Å². The molecular weight excluding hydrogens is 455 g/mol. The Balaban J connectivity index is 0.000000509. The summed E-state index contributed by atoms with van der Waals surface area (Å²) in [5.74, 6) is -2.63. The van der Waals surface area contributed by atoms with Crippen molar-refractivity contribution in [1.29, 1.82) is 0 Å². The summed E-state index contributed by atoms with van der Waals surface area (Å²) in [5.41, 5.74) is 3.26. The number of alkyl halides is 3. The number of amides is 2. The number of rotatable bonds is 8. The van der Waals surface area contributed by atoms with E-state index in [4.69, 9.17) is 9.90 Å². The molecule has 0 aromatic heterocycles. The number of hydrogen-bond acceptors (Lipinski definition) is 5. The number of likely N-dealkylation sites (tertiary alicyclic amines) is 1. The molecule has 11 heteroatoms. The van der Waals surface area contributed by atoms with Gasteiger partial charge in [0, 0.05) is 44.5 Å². The molecule has 2 aliphatic rings. The Morgan fingerprint density at radius 3 is 2.35 bits per heavy atom. The molecule has 1 saturated heterocycles. The number of carboxylic acid groups (broad SMARTS) is 1. The van der Waals surface area contributed by atoms with Crippen LogP contribution >= 0.6 is 0 Å². The smallest absolute Gasteiger partial charge is 0.475 e. The number of aliphatic carboxylic acids is 1. The lowest BCUT2D eigenvalue weighted by molar-refractivity contribution is -0.192. The summed E-state index contributed by atoms with van der Waals surface area (Å²) in [5, 5.41) is 13.3. The number of fused-ring (bicyclic) bond motifs is 1. The molecule has 1 aromatic rings. The van der Waals surface area contributed by atoms with E-state index >= 15 is 0 Å². The minimum atomic E-state index is -5.08. The van der Waals surface area contributed by atoms with E-state index in [1.165, 1.54) is 11.1 Å². The molecule has 188 valence electrons. The molecule has 1 aromatic carbocycles. The Labute approximate surface area is 195 Å². The van der Waals surface area contributed by atoms with Gasteiger partial charge in [-0.25, -0.2) is 4.79 Å². The number of nitrogens with one attached hydrogen (secondary N) is 2. The van der Waals surface area contributed by atoms with E-state index in [9.17, 15) is 27.6 Å². The van der Waals surface area contributed by atoms with Crippen molar-refractivity contribution in [2.45, 2.75) is 51.1 Å². The topological polar surface area (TPSA) is 116 Å². The molecular formula is C23H30F3N3O5. The lowest BCUT2D eigenvalue weighted by Gasteiger charge is -2.15. The highest BCUT2D eigenvalue weighted by Gasteiger charge is 2.38. The van der Waals surface area contributed by atoms with Crippen molar-refractivity contribution >= 4 is 23.6 Å². The van der Waals surface area contributed by atoms with Crippen LogP contribution in [0.5, 0.6) is 0 Å². The molecule has 3 N–H and O–H groups in total. The lowest BCUT2D eigenvalue weighted by atomic mass is 9.97. The first-order valence-electron chi connectivity index (χ1n) is 11.3. The second-order valence-electron chi connectivity index (χ2n) is 8.15. The van der Waals surface area contributed by atoms with Crippen molar-refractivity contribution in [2.75, 3.05) is 32.7 Å². The number of carboxylic acids is 1. The fourth-order valence-electron chi connectivity index (χ4n) is 3.75. The van der Waals surface area contributed by atoms with Gasteiger partial charge in [0.15, 0.2) is 5.78 Å². The Hall–Kier alpha value is -2.95. The fraction of sp³-hybridized carbons (Fsp3) is 0.565. The summed E-state index contributed by atoms with van der Waals surface area (Å²) in [6, 6.07) is 5.93. The van der Waals surface area contributed by atoms with E-state index in [2.05, 4.69) is 16.7 Å². The minimum absolute atomic E-state index is 0.0211. The van der Waals surface area contributed by atoms with Gasteiger partial charge in [0.05, 0.1) is 0 Å². The third-order valence-electron chi connectivity index (χ3n) is 5.59.